The SMILES string of the molecule is ClCOc1ccc(Cl)cc1Br. The third-order valence-corrected chi connectivity index (χ3v) is 2.07. The van der Waals surface area contributed by atoms with Crippen LogP contribution >= 0.6 is 39.1 Å². The van der Waals surface area contributed by atoms with Gasteiger partial charge in [0.2, 0.25) is 0 Å². The van der Waals surface area contributed by atoms with Crippen LogP contribution in [0.2, 0.25) is 5.02 Å². The van der Waals surface area contributed by atoms with Gasteiger partial charge in [-0.25, -0.2) is 0 Å². The topological polar surface area (TPSA) is 9.23 Å². The number of ether oxygens (including phenoxy) is 1. The number of hydrogen-bond acceptors (Lipinski definition) is 1. The van der Waals surface area contributed by atoms with Crippen molar-refractivity contribution in [1.82, 2.24) is 0 Å². The Morgan fingerprint density at radius 1 is 1.45 bits per heavy atom. The van der Waals surface area contributed by atoms with Crippen molar-refractivity contribution in [1.29, 1.82) is 0 Å². The van der Waals surface area contributed by atoms with Crippen LogP contribution in [0, 0.1) is 0 Å². The highest BCUT2D eigenvalue weighted by atomic mass is 79.9. The molecule has 0 heterocycles. The largest absolute Gasteiger partial charge is 0.477 e. The first-order chi connectivity index (χ1) is 5.24. The van der Waals surface area contributed by atoms with Crippen LogP contribution in [0.1, 0.15) is 0 Å². The molecule has 11 heavy (non-hydrogen) atoms. The molecule has 0 amide bonds. The minimum Gasteiger partial charge on any atom is -0.477 e. The van der Waals surface area contributed by atoms with Gasteiger partial charge in [-0.3, -0.25) is 0 Å². The second-order valence-corrected chi connectivity index (χ2v) is 3.34. The Labute approximate surface area is 83.4 Å². The van der Waals surface area contributed by atoms with Gasteiger partial charge < -0.3 is 4.74 Å². The average molecular weight is 256 g/mol. The van der Waals surface area contributed by atoms with Gasteiger partial charge in [0.05, 0.1) is 4.47 Å². The minimum atomic E-state index is 0.139. The summed E-state index contributed by atoms with van der Waals surface area (Å²) in [7, 11) is 0. The van der Waals surface area contributed by atoms with Crippen molar-refractivity contribution in [3.05, 3.63) is 27.7 Å². The van der Waals surface area contributed by atoms with E-state index >= 15 is 0 Å². The van der Waals surface area contributed by atoms with Crippen molar-refractivity contribution in [2.45, 2.75) is 0 Å². The highest BCUT2D eigenvalue weighted by molar-refractivity contribution is 9.10. The Morgan fingerprint density at radius 3 is 2.73 bits per heavy atom. The van der Waals surface area contributed by atoms with Crippen molar-refractivity contribution in [2.24, 2.45) is 0 Å². The fourth-order valence-corrected chi connectivity index (χ4v) is 1.57. The summed E-state index contributed by atoms with van der Waals surface area (Å²) in [6, 6.07) is 5.40. The highest BCUT2D eigenvalue weighted by Gasteiger charge is 1.99. The number of hydrogen-bond donors (Lipinski definition) is 0. The summed E-state index contributed by atoms with van der Waals surface area (Å²) in [5, 5.41) is 0.666. The molecule has 0 fully saturated rings. The molecule has 0 N–H and O–H groups in total. The molecule has 4 heteroatoms. The van der Waals surface area contributed by atoms with Crippen LogP contribution in [0.5, 0.6) is 5.75 Å². The predicted octanol–water partition coefficient (Wildman–Crippen LogP) is 3.68. The van der Waals surface area contributed by atoms with E-state index in [0.717, 1.165) is 4.47 Å². The molecule has 0 radical (unpaired) electrons. The molecule has 1 rings (SSSR count). The second-order valence-electron chi connectivity index (χ2n) is 1.83. The van der Waals surface area contributed by atoms with Gasteiger partial charge in [0.25, 0.3) is 0 Å². The lowest BCUT2D eigenvalue weighted by atomic mass is 10.3. The second kappa shape index (κ2) is 4.19. The van der Waals surface area contributed by atoms with Gasteiger partial charge in [0, 0.05) is 5.02 Å². The van der Waals surface area contributed by atoms with Gasteiger partial charge in [-0.05, 0) is 34.1 Å². The molecule has 0 aromatic heterocycles. The smallest absolute Gasteiger partial charge is 0.162 e. The zero-order valence-electron chi connectivity index (χ0n) is 5.48. The summed E-state index contributed by atoms with van der Waals surface area (Å²) in [5.74, 6) is 0.699. The average Bonchev–Trinajstić information content (AvgIpc) is 1.95. The summed E-state index contributed by atoms with van der Waals surface area (Å²) in [5.41, 5.74) is 0. The van der Waals surface area contributed by atoms with Crippen LogP contribution in [0.4, 0.5) is 0 Å². The zero-order chi connectivity index (χ0) is 8.27. The first-order valence-corrected chi connectivity index (χ1v) is 4.58. The van der Waals surface area contributed by atoms with E-state index in [9.17, 15) is 0 Å². The Balaban J connectivity index is 2.90. The van der Waals surface area contributed by atoms with E-state index < -0.39 is 0 Å². The van der Waals surface area contributed by atoms with Gasteiger partial charge >= 0.3 is 0 Å². The van der Waals surface area contributed by atoms with Crippen LogP contribution in [0.25, 0.3) is 0 Å². The number of rotatable bonds is 2. The van der Waals surface area contributed by atoms with Crippen molar-refractivity contribution >= 4 is 39.1 Å². The first-order valence-electron chi connectivity index (χ1n) is 2.88. The van der Waals surface area contributed by atoms with Crippen molar-refractivity contribution in [2.75, 3.05) is 6.07 Å². The summed E-state index contributed by atoms with van der Waals surface area (Å²) < 4.78 is 5.86. The van der Waals surface area contributed by atoms with Crippen LogP contribution in [-0.2, 0) is 0 Å². The molecule has 0 saturated heterocycles. The van der Waals surface area contributed by atoms with Crippen LogP contribution in [-0.4, -0.2) is 6.07 Å². The van der Waals surface area contributed by atoms with Crippen LogP contribution in [0.15, 0.2) is 22.7 Å². The van der Waals surface area contributed by atoms with Gasteiger partial charge in [-0.2, -0.15) is 0 Å². The molecule has 1 aromatic carbocycles. The van der Waals surface area contributed by atoms with E-state index in [2.05, 4.69) is 15.9 Å². The van der Waals surface area contributed by atoms with Crippen molar-refractivity contribution in [3.8, 4) is 5.75 Å². The maximum Gasteiger partial charge on any atom is 0.162 e. The van der Waals surface area contributed by atoms with Gasteiger partial charge in [-0.1, -0.05) is 23.2 Å². The molecular formula is C7H5BrCl2O. The molecule has 0 saturated carbocycles. The molecule has 1 nitrogen and oxygen atoms in total. The van der Waals surface area contributed by atoms with E-state index in [-0.39, 0.29) is 6.07 Å². The van der Waals surface area contributed by atoms with Crippen molar-refractivity contribution in [3.63, 3.8) is 0 Å². The molecule has 60 valence electrons. The van der Waals surface area contributed by atoms with Crippen LogP contribution in [0.3, 0.4) is 0 Å². The normalized spacial score (nSPS) is 9.73. The molecule has 0 bridgehead atoms. The standard InChI is InChI=1S/C7H5BrCl2O/c8-6-3-5(10)1-2-7(6)11-4-9/h1-3H,4H2. The van der Waals surface area contributed by atoms with E-state index in [1.54, 1.807) is 18.2 Å². The molecule has 1 aromatic rings. The summed E-state index contributed by atoms with van der Waals surface area (Å²) in [6.07, 6.45) is 0. The van der Waals surface area contributed by atoms with Gasteiger partial charge in [0.1, 0.15) is 5.75 Å². The number of alkyl halides is 1. The summed E-state index contributed by atoms with van der Waals surface area (Å²) >= 11 is 14.4. The highest BCUT2D eigenvalue weighted by Crippen LogP contribution is 2.27. The summed E-state index contributed by atoms with van der Waals surface area (Å²) in [6.45, 7) is 0. The van der Waals surface area contributed by atoms with Gasteiger partial charge in [0.15, 0.2) is 6.07 Å². The third-order valence-electron chi connectivity index (χ3n) is 1.10. The lowest BCUT2D eigenvalue weighted by molar-refractivity contribution is 0.385. The zero-order valence-corrected chi connectivity index (χ0v) is 8.58. The Hall–Kier alpha value is 0.0800. The first kappa shape index (κ1) is 9.17. The number of benzene rings is 1. The predicted molar refractivity (Wildman–Crippen MR) is 50.5 cm³/mol. The minimum absolute atomic E-state index is 0.139. The molecule has 0 spiro atoms. The molecule has 0 aliphatic heterocycles. The maximum atomic E-state index is 5.70. The van der Waals surface area contributed by atoms with Crippen molar-refractivity contribution < 1.29 is 4.74 Å². The lowest BCUT2D eigenvalue weighted by Gasteiger charge is -2.03. The fourth-order valence-electron chi connectivity index (χ4n) is 0.651. The molecule has 0 aliphatic rings. The molecular weight excluding hydrogens is 251 g/mol. The molecule has 0 atom stereocenters. The summed E-state index contributed by atoms with van der Waals surface area (Å²) in [4.78, 5) is 0. The van der Waals surface area contributed by atoms with E-state index in [1.165, 1.54) is 0 Å². The Morgan fingerprint density at radius 2 is 2.18 bits per heavy atom. The van der Waals surface area contributed by atoms with E-state index in [4.69, 9.17) is 27.9 Å². The monoisotopic (exact) mass is 254 g/mol. The molecule has 0 aliphatic carbocycles. The van der Waals surface area contributed by atoms with E-state index in [0.29, 0.717) is 10.8 Å². The van der Waals surface area contributed by atoms with E-state index in [1.807, 2.05) is 0 Å². The Kier molecular flexibility index (Phi) is 3.49. The third kappa shape index (κ3) is 2.55. The number of halogens is 3. The molecule has 0 unspecified atom stereocenters. The quantitative estimate of drug-likeness (QED) is 0.733. The van der Waals surface area contributed by atoms with Crippen LogP contribution < -0.4 is 4.74 Å². The fraction of sp³-hybridized carbons (Fsp3) is 0.143. The maximum absolute atomic E-state index is 5.70. The lowest BCUT2D eigenvalue weighted by Crippen LogP contribution is -1.89. The van der Waals surface area contributed by atoms with Gasteiger partial charge in [-0.15, -0.1) is 0 Å². The Bertz CT molecular complexity index is 252.